The Labute approximate surface area is 229 Å². The van der Waals surface area contributed by atoms with Crippen molar-refractivity contribution in [3.05, 3.63) is 58.7 Å². The van der Waals surface area contributed by atoms with Gasteiger partial charge in [0.15, 0.2) is 0 Å². The molecule has 0 radical (unpaired) electrons. The zero-order chi connectivity index (χ0) is 26.9. The molecule has 0 bridgehead atoms. The summed E-state index contributed by atoms with van der Waals surface area (Å²) >= 11 is 0. The van der Waals surface area contributed by atoms with Crippen molar-refractivity contribution in [2.75, 3.05) is 27.4 Å². The smallest absolute Gasteiger partial charge is 0.337 e. The van der Waals surface area contributed by atoms with Crippen LogP contribution in [0.1, 0.15) is 72.3 Å². The van der Waals surface area contributed by atoms with E-state index in [4.69, 9.17) is 14.2 Å². The van der Waals surface area contributed by atoms with Crippen LogP contribution in [0.5, 0.6) is 5.75 Å². The number of fused-ring (bicyclic) bond motifs is 5. The number of nitrogens with one attached hydrogen (secondary N) is 1. The Hall–Kier alpha value is -3.58. The third-order valence-corrected chi connectivity index (χ3v) is 8.52. The number of nitrogens with zero attached hydrogens (tertiary/aromatic N) is 1. The monoisotopic (exact) mass is 528 g/mol. The van der Waals surface area contributed by atoms with Crippen LogP contribution in [0, 0.1) is 0 Å². The zero-order valence-electron chi connectivity index (χ0n) is 22.8. The first-order valence-electron chi connectivity index (χ1n) is 14.1. The second-order valence-electron chi connectivity index (χ2n) is 10.9. The fourth-order valence-electron chi connectivity index (χ4n) is 6.55. The van der Waals surface area contributed by atoms with Gasteiger partial charge in [-0.05, 0) is 79.1 Å². The molecule has 1 aromatic heterocycles. The summed E-state index contributed by atoms with van der Waals surface area (Å²) in [5, 5.41) is 4.26. The van der Waals surface area contributed by atoms with Crippen LogP contribution in [0.15, 0.2) is 42.0 Å². The van der Waals surface area contributed by atoms with Gasteiger partial charge >= 0.3 is 5.97 Å². The quantitative estimate of drug-likeness (QED) is 0.407. The molecule has 1 aliphatic carbocycles. The van der Waals surface area contributed by atoms with Crippen molar-refractivity contribution >= 4 is 28.9 Å². The summed E-state index contributed by atoms with van der Waals surface area (Å²) in [6.07, 6.45) is 10.0. The SMILES string of the molecule is COC(=O)c1ccc2c(C3CCCCC3)c3n(c2c1)CC(C(=O)NC[C@@H]1CCCO1)=Cc1cc(OC)ccc1-3. The lowest BCUT2D eigenvalue weighted by molar-refractivity contribution is -0.118. The van der Waals surface area contributed by atoms with E-state index in [-0.39, 0.29) is 18.0 Å². The van der Waals surface area contributed by atoms with Crippen molar-refractivity contribution in [2.45, 2.75) is 63.5 Å². The normalized spacial score (nSPS) is 19.1. The first-order valence-corrected chi connectivity index (χ1v) is 14.1. The van der Waals surface area contributed by atoms with Gasteiger partial charge < -0.3 is 24.1 Å². The number of benzene rings is 2. The second kappa shape index (κ2) is 10.9. The van der Waals surface area contributed by atoms with Gasteiger partial charge in [0.25, 0.3) is 0 Å². The minimum Gasteiger partial charge on any atom is -0.497 e. The number of ether oxygens (including phenoxy) is 3. The van der Waals surface area contributed by atoms with Crippen molar-refractivity contribution in [3.8, 4) is 17.0 Å². The Bertz CT molecular complexity index is 1440. The fourth-order valence-corrected chi connectivity index (χ4v) is 6.55. The molecule has 204 valence electrons. The van der Waals surface area contributed by atoms with E-state index < -0.39 is 0 Å². The van der Waals surface area contributed by atoms with Gasteiger partial charge in [-0.3, -0.25) is 4.79 Å². The molecular formula is C32H36N2O5. The van der Waals surface area contributed by atoms with Gasteiger partial charge in [-0.15, -0.1) is 0 Å². The maximum atomic E-state index is 13.6. The molecule has 1 amide bonds. The van der Waals surface area contributed by atoms with E-state index in [1.54, 1.807) is 7.11 Å². The van der Waals surface area contributed by atoms with Crippen LogP contribution in [-0.4, -0.2) is 49.9 Å². The van der Waals surface area contributed by atoms with Crippen molar-refractivity contribution in [3.63, 3.8) is 0 Å². The Kier molecular flexibility index (Phi) is 7.17. The number of methoxy groups -OCH3 is 2. The van der Waals surface area contributed by atoms with Crippen molar-refractivity contribution in [1.82, 2.24) is 9.88 Å². The number of amides is 1. The third-order valence-electron chi connectivity index (χ3n) is 8.52. The molecule has 2 aromatic carbocycles. The van der Waals surface area contributed by atoms with E-state index in [9.17, 15) is 9.59 Å². The number of rotatable bonds is 6. The first kappa shape index (κ1) is 25.7. The lowest BCUT2D eigenvalue weighted by atomic mass is 9.81. The number of aromatic nitrogens is 1. The molecule has 0 unspecified atom stereocenters. The average Bonchev–Trinajstić information content (AvgIpc) is 3.57. The predicted octanol–water partition coefficient (Wildman–Crippen LogP) is 5.84. The van der Waals surface area contributed by atoms with Gasteiger partial charge in [0.2, 0.25) is 5.91 Å². The molecule has 7 heteroatoms. The largest absolute Gasteiger partial charge is 0.497 e. The fraction of sp³-hybridized carbons (Fsp3) is 0.438. The topological polar surface area (TPSA) is 78.8 Å². The standard InChI is InChI=1S/C32H36N2O5/c1-37-24-11-13-26-22(16-24)15-23(31(35)33-18-25-9-6-14-39-25)19-34-28-17-21(32(36)38-2)10-12-27(28)29(30(26)34)20-7-4-3-5-8-20/h10-13,15-17,20,25H,3-9,14,18-19H2,1-2H3,(H,33,35)/t25-/m0/s1. The highest BCUT2D eigenvalue weighted by atomic mass is 16.5. The summed E-state index contributed by atoms with van der Waals surface area (Å²) in [5.74, 6) is 0.708. The summed E-state index contributed by atoms with van der Waals surface area (Å²) in [4.78, 5) is 26.1. The minimum absolute atomic E-state index is 0.0659. The molecule has 1 saturated heterocycles. The predicted molar refractivity (Wildman–Crippen MR) is 151 cm³/mol. The van der Waals surface area contributed by atoms with Crippen LogP contribution in [0.4, 0.5) is 0 Å². The van der Waals surface area contributed by atoms with Gasteiger partial charge in [0.05, 0.1) is 38.1 Å². The Morgan fingerprint density at radius 3 is 2.62 bits per heavy atom. The van der Waals surface area contributed by atoms with Crippen LogP contribution < -0.4 is 10.1 Å². The van der Waals surface area contributed by atoms with Crippen molar-refractivity contribution in [1.29, 1.82) is 0 Å². The summed E-state index contributed by atoms with van der Waals surface area (Å²) in [5.41, 5.74) is 6.62. The number of carbonyl (C=O) groups excluding carboxylic acids is 2. The van der Waals surface area contributed by atoms with E-state index in [2.05, 4.69) is 22.0 Å². The lowest BCUT2D eigenvalue weighted by Crippen LogP contribution is -2.33. The molecule has 6 rings (SSSR count). The number of esters is 1. The molecule has 1 atom stereocenters. The average molecular weight is 529 g/mol. The molecule has 39 heavy (non-hydrogen) atoms. The Morgan fingerprint density at radius 1 is 1.03 bits per heavy atom. The highest BCUT2D eigenvalue weighted by Gasteiger charge is 2.31. The van der Waals surface area contributed by atoms with Gasteiger partial charge in [-0.2, -0.15) is 0 Å². The number of hydrogen-bond donors (Lipinski definition) is 1. The molecule has 0 spiro atoms. The van der Waals surface area contributed by atoms with E-state index in [0.29, 0.717) is 30.1 Å². The molecule has 3 heterocycles. The van der Waals surface area contributed by atoms with E-state index >= 15 is 0 Å². The first-order chi connectivity index (χ1) is 19.1. The van der Waals surface area contributed by atoms with Crippen molar-refractivity contribution in [2.24, 2.45) is 0 Å². The molecule has 2 aliphatic heterocycles. The van der Waals surface area contributed by atoms with Crippen LogP contribution in [0.25, 0.3) is 28.2 Å². The Morgan fingerprint density at radius 2 is 1.87 bits per heavy atom. The molecule has 3 aliphatic rings. The van der Waals surface area contributed by atoms with E-state index in [1.807, 2.05) is 30.3 Å². The van der Waals surface area contributed by atoms with Crippen LogP contribution in [0.2, 0.25) is 0 Å². The maximum Gasteiger partial charge on any atom is 0.337 e. The number of hydrogen-bond acceptors (Lipinski definition) is 5. The molecule has 1 saturated carbocycles. The maximum absolute atomic E-state index is 13.6. The van der Waals surface area contributed by atoms with E-state index in [1.165, 1.54) is 31.9 Å². The highest BCUT2D eigenvalue weighted by Crippen LogP contribution is 2.47. The molecule has 7 nitrogen and oxygen atoms in total. The van der Waals surface area contributed by atoms with Gasteiger partial charge in [-0.1, -0.05) is 25.3 Å². The van der Waals surface area contributed by atoms with Crippen LogP contribution >= 0.6 is 0 Å². The molecular weight excluding hydrogens is 492 g/mol. The zero-order valence-corrected chi connectivity index (χ0v) is 22.8. The second-order valence-corrected chi connectivity index (χ2v) is 10.9. The lowest BCUT2D eigenvalue weighted by Gasteiger charge is -2.24. The van der Waals surface area contributed by atoms with Gasteiger partial charge in [0, 0.05) is 35.2 Å². The van der Waals surface area contributed by atoms with E-state index in [0.717, 1.165) is 65.8 Å². The molecule has 3 aromatic rings. The van der Waals surface area contributed by atoms with Crippen LogP contribution in [0.3, 0.4) is 0 Å². The Balaban J connectivity index is 1.53. The van der Waals surface area contributed by atoms with Gasteiger partial charge in [-0.25, -0.2) is 4.79 Å². The summed E-state index contributed by atoms with van der Waals surface area (Å²) in [7, 11) is 3.07. The molecule has 2 fully saturated rings. The van der Waals surface area contributed by atoms with Crippen molar-refractivity contribution < 1.29 is 23.8 Å². The minimum atomic E-state index is -0.365. The highest BCUT2D eigenvalue weighted by molar-refractivity contribution is 6.03. The van der Waals surface area contributed by atoms with Gasteiger partial charge in [0.1, 0.15) is 5.75 Å². The summed E-state index contributed by atoms with van der Waals surface area (Å²) in [6, 6.07) is 12.0. The third kappa shape index (κ3) is 4.84. The molecule has 1 N–H and O–H groups in total. The summed E-state index contributed by atoms with van der Waals surface area (Å²) < 4.78 is 18.6. The van der Waals surface area contributed by atoms with Crippen LogP contribution in [-0.2, 0) is 20.8 Å². The number of carbonyl (C=O) groups is 2. The summed E-state index contributed by atoms with van der Waals surface area (Å²) in [6.45, 7) is 1.65.